The molecule has 8 nitrogen and oxygen atoms in total. The fourth-order valence-electron chi connectivity index (χ4n) is 4.02. The summed E-state index contributed by atoms with van der Waals surface area (Å²) in [5.41, 5.74) is 2.14. The Kier molecular flexibility index (Phi) is 10.1. The lowest BCUT2D eigenvalue weighted by atomic mass is 10.1. The van der Waals surface area contributed by atoms with Crippen LogP contribution in [0.15, 0.2) is 83.8 Å². The Morgan fingerprint density at radius 2 is 1.54 bits per heavy atom. The molecule has 0 saturated heterocycles. The van der Waals surface area contributed by atoms with Crippen LogP contribution in [0.2, 0.25) is 0 Å². The lowest BCUT2D eigenvalue weighted by molar-refractivity contribution is -0.139. The van der Waals surface area contributed by atoms with Crippen LogP contribution < -0.4 is 14.4 Å². The Morgan fingerprint density at radius 3 is 2.13 bits per heavy atom. The zero-order valence-corrected chi connectivity index (χ0v) is 23.9. The minimum Gasteiger partial charge on any atom is -0.497 e. The molecule has 0 aromatic heterocycles. The van der Waals surface area contributed by atoms with Gasteiger partial charge in [-0.3, -0.25) is 13.9 Å². The summed E-state index contributed by atoms with van der Waals surface area (Å²) >= 11 is 0. The standard InChI is InChI=1S/C30H37N3O5S/c1-6-23(3)31-30(35)24(4)32(20-25-13-11-10-12-22(25)2)29(34)21-33(26-16-18-27(38-5)19-17-26)39(36,37)28-14-8-7-9-15-28/h7-19,23-24H,6,20-21H2,1-5H3,(H,31,35)/t23-,24-/m0/s1. The number of amides is 2. The van der Waals surface area contributed by atoms with E-state index >= 15 is 0 Å². The molecule has 208 valence electrons. The van der Waals surface area contributed by atoms with Crippen LogP contribution in [-0.4, -0.2) is 50.9 Å². The number of carbonyl (C=O) groups is 2. The molecule has 0 heterocycles. The van der Waals surface area contributed by atoms with Gasteiger partial charge in [-0.15, -0.1) is 0 Å². The lowest BCUT2D eigenvalue weighted by Crippen LogP contribution is -2.52. The molecule has 3 rings (SSSR count). The number of rotatable bonds is 12. The number of benzene rings is 3. The fourth-order valence-corrected chi connectivity index (χ4v) is 5.45. The maximum absolute atomic E-state index is 14.0. The molecule has 0 radical (unpaired) electrons. The molecule has 0 bridgehead atoms. The number of nitrogens with zero attached hydrogens (tertiary/aromatic N) is 2. The second kappa shape index (κ2) is 13.3. The Labute approximate surface area is 231 Å². The van der Waals surface area contributed by atoms with Crippen molar-refractivity contribution in [3.05, 3.63) is 90.0 Å². The van der Waals surface area contributed by atoms with Gasteiger partial charge in [0.15, 0.2) is 0 Å². The van der Waals surface area contributed by atoms with Gasteiger partial charge in [0.1, 0.15) is 18.3 Å². The molecule has 39 heavy (non-hydrogen) atoms. The summed E-state index contributed by atoms with van der Waals surface area (Å²) in [6, 6.07) is 21.2. The summed E-state index contributed by atoms with van der Waals surface area (Å²) in [5.74, 6) is -0.243. The quantitative estimate of drug-likeness (QED) is 0.357. The normalized spacial score (nSPS) is 12.7. The van der Waals surface area contributed by atoms with E-state index in [1.54, 1.807) is 49.4 Å². The Bertz CT molecular complexity index is 1360. The van der Waals surface area contributed by atoms with Gasteiger partial charge in [0.2, 0.25) is 11.8 Å². The van der Waals surface area contributed by atoms with E-state index in [1.165, 1.54) is 24.1 Å². The predicted molar refractivity (Wildman–Crippen MR) is 153 cm³/mol. The topological polar surface area (TPSA) is 96.0 Å². The van der Waals surface area contributed by atoms with Crippen molar-refractivity contribution in [2.45, 2.75) is 57.6 Å². The molecule has 0 aliphatic heterocycles. The predicted octanol–water partition coefficient (Wildman–Crippen LogP) is 4.53. The molecule has 0 aliphatic carbocycles. The molecule has 0 unspecified atom stereocenters. The zero-order chi connectivity index (χ0) is 28.6. The summed E-state index contributed by atoms with van der Waals surface area (Å²) in [6.07, 6.45) is 0.741. The highest BCUT2D eigenvalue weighted by atomic mass is 32.2. The van der Waals surface area contributed by atoms with Gasteiger partial charge >= 0.3 is 0 Å². The van der Waals surface area contributed by atoms with Crippen molar-refractivity contribution in [3.8, 4) is 5.75 Å². The maximum Gasteiger partial charge on any atom is 0.264 e. The van der Waals surface area contributed by atoms with E-state index in [2.05, 4.69) is 5.32 Å². The molecule has 3 aromatic carbocycles. The van der Waals surface area contributed by atoms with E-state index in [-0.39, 0.29) is 23.4 Å². The SMILES string of the molecule is CC[C@H](C)NC(=O)[C@H](C)N(Cc1ccccc1C)C(=O)CN(c1ccc(OC)cc1)S(=O)(=O)c1ccccc1. The zero-order valence-electron chi connectivity index (χ0n) is 23.1. The maximum atomic E-state index is 14.0. The number of sulfonamides is 1. The van der Waals surface area contributed by atoms with Gasteiger partial charge in [0.05, 0.1) is 17.7 Å². The molecule has 0 spiro atoms. The van der Waals surface area contributed by atoms with E-state index in [9.17, 15) is 18.0 Å². The van der Waals surface area contributed by atoms with Crippen LogP contribution in [0.5, 0.6) is 5.75 Å². The molecule has 9 heteroatoms. The van der Waals surface area contributed by atoms with Crippen LogP contribution in [0.3, 0.4) is 0 Å². The van der Waals surface area contributed by atoms with Crippen LogP contribution in [0, 0.1) is 6.92 Å². The molecule has 0 aliphatic rings. The first-order valence-corrected chi connectivity index (χ1v) is 14.4. The second-order valence-corrected chi connectivity index (χ2v) is 11.3. The van der Waals surface area contributed by atoms with Gasteiger partial charge in [0, 0.05) is 12.6 Å². The van der Waals surface area contributed by atoms with Crippen molar-refractivity contribution in [3.63, 3.8) is 0 Å². The van der Waals surface area contributed by atoms with Crippen LogP contribution in [0.25, 0.3) is 0 Å². The first kappa shape index (κ1) is 29.7. The van der Waals surface area contributed by atoms with Crippen molar-refractivity contribution in [1.82, 2.24) is 10.2 Å². The van der Waals surface area contributed by atoms with Crippen molar-refractivity contribution in [1.29, 1.82) is 0 Å². The Hall–Kier alpha value is -3.85. The number of nitrogens with one attached hydrogen (secondary N) is 1. The van der Waals surface area contributed by atoms with Crippen molar-refractivity contribution in [2.75, 3.05) is 18.0 Å². The monoisotopic (exact) mass is 551 g/mol. The van der Waals surface area contributed by atoms with Gasteiger partial charge in [-0.2, -0.15) is 0 Å². The summed E-state index contributed by atoms with van der Waals surface area (Å²) in [7, 11) is -2.59. The minimum absolute atomic E-state index is 0.0571. The van der Waals surface area contributed by atoms with Gasteiger partial charge in [-0.05, 0) is 74.7 Å². The lowest BCUT2D eigenvalue weighted by Gasteiger charge is -2.32. The largest absolute Gasteiger partial charge is 0.497 e. The summed E-state index contributed by atoms with van der Waals surface area (Å²) in [5, 5.41) is 2.94. The minimum atomic E-state index is -4.11. The highest BCUT2D eigenvalue weighted by molar-refractivity contribution is 7.92. The van der Waals surface area contributed by atoms with Gasteiger partial charge < -0.3 is 15.0 Å². The van der Waals surface area contributed by atoms with Crippen molar-refractivity contribution >= 4 is 27.5 Å². The van der Waals surface area contributed by atoms with E-state index < -0.39 is 28.5 Å². The average molecular weight is 552 g/mol. The van der Waals surface area contributed by atoms with Crippen molar-refractivity contribution in [2.24, 2.45) is 0 Å². The third-order valence-electron chi connectivity index (χ3n) is 6.74. The number of methoxy groups -OCH3 is 1. The molecule has 2 atom stereocenters. The molecule has 2 amide bonds. The van der Waals surface area contributed by atoms with Gasteiger partial charge in [-0.1, -0.05) is 49.4 Å². The second-order valence-electron chi connectivity index (χ2n) is 9.46. The number of hydrogen-bond donors (Lipinski definition) is 1. The summed E-state index contributed by atoms with van der Waals surface area (Å²) < 4.78 is 33.9. The van der Waals surface area contributed by atoms with E-state index in [4.69, 9.17) is 4.74 Å². The van der Waals surface area contributed by atoms with E-state index in [0.29, 0.717) is 11.4 Å². The molecule has 1 N–H and O–H groups in total. The van der Waals surface area contributed by atoms with Gasteiger partial charge in [0.25, 0.3) is 10.0 Å². The van der Waals surface area contributed by atoms with Crippen LogP contribution in [0.1, 0.15) is 38.3 Å². The van der Waals surface area contributed by atoms with Crippen LogP contribution >= 0.6 is 0 Å². The number of aryl methyl sites for hydroxylation is 1. The summed E-state index contributed by atoms with van der Waals surface area (Å²) in [6.45, 7) is 7.13. The number of carbonyl (C=O) groups excluding carboxylic acids is 2. The molecule has 0 fully saturated rings. The third kappa shape index (κ3) is 7.38. The number of ether oxygens (including phenoxy) is 1. The average Bonchev–Trinajstić information content (AvgIpc) is 2.95. The smallest absolute Gasteiger partial charge is 0.264 e. The molecule has 3 aromatic rings. The summed E-state index contributed by atoms with van der Waals surface area (Å²) in [4.78, 5) is 28.6. The molecular weight excluding hydrogens is 514 g/mol. The van der Waals surface area contributed by atoms with E-state index in [1.807, 2.05) is 45.0 Å². The first-order chi connectivity index (χ1) is 18.6. The first-order valence-electron chi connectivity index (χ1n) is 12.9. The molecular formula is C30H37N3O5S. The molecule has 0 saturated carbocycles. The van der Waals surface area contributed by atoms with Gasteiger partial charge in [-0.25, -0.2) is 8.42 Å². The Morgan fingerprint density at radius 1 is 0.923 bits per heavy atom. The van der Waals surface area contributed by atoms with E-state index in [0.717, 1.165) is 21.9 Å². The van der Waals surface area contributed by atoms with Crippen LogP contribution in [-0.2, 0) is 26.2 Å². The number of hydrogen-bond acceptors (Lipinski definition) is 5. The van der Waals surface area contributed by atoms with Crippen molar-refractivity contribution < 1.29 is 22.7 Å². The highest BCUT2D eigenvalue weighted by Gasteiger charge is 2.33. The fraction of sp³-hybridized carbons (Fsp3) is 0.333. The third-order valence-corrected chi connectivity index (χ3v) is 8.53. The number of anilines is 1. The highest BCUT2D eigenvalue weighted by Crippen LogP contribution is 2.26. The van der Waals surface area contributed by atoms with Crippen LogP contribution in [0.4, 0.5) is 5.69 Å². The Balaban J connectivity index is 2.02.